The minimum absolute atomic E-state index is 0.00829. The molecule has 0 aliphatic rings. The Morgan fingerprint density at radius 1 is 1.26 bits per heavy atom. The summed E-state index contributed by atoms with van der Waals surface area (Å²) in [7, 11) is 1.20. The van der Waals surface area contributed by atoms with E-state index in [1.54, 1.807) is 0 Å². The number of rotatable bonds is 12. The lowest BCUT2D eigenvalue weighted by molar-refractivity contribution is -0.188. The van der Waals surface area contributed by atoms with Crippen LogP contribution < -0.4 is 5.73 Å². The number of nitrogens with zero attached hydrogens (tertiary/aromatic N) is 5. The van der Waals surface area contributed by atoms with E-state index in [1.165, 1.54) is 12.5 Å². The zero-order valence-electron chi connectivity index (χ0n) is 17.8. The van der Waals surface area contributed by atoms with E-state index in [0.29, 0.717) is 11.3 Å². The lowest BCUT2D eigenvalue weighted by Crippen LogP contribution is -2.52. The second kappa shape index (κ2) is 10.4. The SMILES string of the molecule is COC(COC(Cc1csc(C(=O)O)n1)(C(=O)O)C(=O)O)CC(F)n1cnc2c(N)nc(Cl)nc21. The van der Waals surface area contributed by atoms with Gasteiger partial charge in [-0.3, -0.25) is 4.57 Å². The first kappa shape index (κ1) is 26.1. The molecule has 35 heavy (non-hydrogen) atoms. The number of fused-ring (bicyclic) bond motifs is 1. The molecule has 0 fully saturated rings. The topological polar surface area (TPSA) is 213 Å². The van der Waals surface area contributed by atoms with Gasteiger partial charge in [0, 0.05) is 25.3 Å². The van der Waals surface area contributed by atoms with Crippen molar-refractivity contribution >= 4 is 57.8 Å². The van der Waals surface area contributed by atoms with Crippen molar-refractivity contribution < 1.29 is 43.6 Å². The molecule has 3 rings (SSSR count). The Morgan fingerprint density at radius 2 is 1.94 bits per heavy atom. The highest BCUT2D eigenvalue weighted by Crippen LogP contribution is 2.27. The van der Waals surface area contributed by atoms with Crippen molar-refractivity contribution in [3.8, 4) is 0 Å². The molecule has 0 amide bonds. The van der Waals surface area contributed by atoms with E-state index in [4.69, 9.17) is 31.9 Å². The Labute approximate surface area is 204 Å². The number of imidazole rings is 1. The molecule has 5 N–H and O–H groups in total. The number of carboxylic acids is 3. The third-order valence-electron chi connectivity index (χ3n) is 4.88. The second-order valence-corrected chi connectivity index (χ2v) is 8.30. The first-order valence-electron chi connectivity index (χ1n) is 9.59. The van der Waals surface area contributed by atoms with Gasteiger partial charge in [-0.05, 0) is 11.6 Å². The minimum atomic E-state index is -2.83. The normalized spacial score (nSPS) is 13.6. The largest absolute Gasteiger partial charge is 0.479 e. The summed E-state index contributed by atoms with van der Waals surface area (Å²) < 4.78 is 26.5. The van der Waals surface area contributed by atoms with E-state index in [9.17, 15) is 24.6 Å². The molecule has 17 heteroatoms. The highest BCUT2D eigenvalue weighted by atomic mass is 35.5. The molecule has 0 bridgehead atoms. The van der Waals surface area contributed by atoms with Gasteiger partial charge in [-0.15, -0.1) is 11.3 Å². The number of carboxylic acid groups (broad SMARTS) is 3. The zero-order chi connectivity index (χ0) is 25.9. The summed E-state index contributed by atoms with van der Waals surface area (Å²) in [5.74, 6) is -5.13. The van der Waals surface area contributed by atoms with Crippen LogP contribution in [0.15, 0.2) is 11.7 Å². The van der Waals surface area contributed by atoms with Crippen LogP contribution in [0.4, 0.5) is 10.2 Å². The Kier molecular flexibility index (Phi) is 7.79. The summed E-state index contributed by atoms with van der Waals surface area (Å²) in [5, 5.41) is 28.9. The van der Waals surface area contributed by atoms with Crippen molar-refractivity contribution in [1.82, 2.24) is 24.5 Å². The Balaban J connectivity index is 1.78. The van der Waals surface area contributed by atoms with Crippen molar-refractivity contribution in [3.63, 3.8) is 0 Å². The highest BCUT2D eigenvalue weighted by molar-refractivity contribution is 7.11. The number of hydrogen-bond acceptors (Lipinski definition) is 11. The fourth-order valence-corrected chi connectivity index (χ4v) is 3.90. The number of carbonyl (C=O) groups is 3. The van der Waals surface area contributed by atoms with E-state index < -0.39 is 55.4 Å². The molecular weight excluding hydrogens is 515 g/mol. The molecule has 0 aliphatic heterocycles. The number of aromatic nitrogens is 5. The molecule has 0 aromatic carbocycles. The standard InChI is InChI=1S/C18H18ClFN6O8S/c1-33-8(2-9(20)26-6-22-10-11(21)24-17(19)25-12(10)26)4-34-18(15(29)30,16(31)32)3-7-5-35-13(23-7)14(27)28/h5-6,8-9H,2-4H2,1H3,(H,27,28)(H,29,30)(H,31,32)(H2,21,24,25). The van der Waals surface area contributed by atoms with Crippen LogP contribution in [0.2, 0.25) is 5.28 Å². The molecule has 0 saturated carbocycles. The Morgan fingerprint density at radius 3 is 2.51 bits per heavy atom. The van der Waals surface area contributed by atoms with Crippen molar-refractivity contribution in [2.75, 3.05) is 19.5 Å². The van der Waals surface area contributed by atoms with Crippen LogP contribution in [-0.2, 0) is 25.5 Å². The molecule has 0 saturated heterocycles. The monoisotopic (exact) mass is 532 g/mol. The zero-order valence-corrected chi connectivity index (χ0v) is 19.4. The number of halogens is 2. The first-order chi connectivity index (χ1) is 16.5. The quantitative estimate of drug-likeness (QED) is 0.191. The Bertz CT molecular complexity index is 1260. The molecule has 0 radical (unpaired) electrons. The Hall–Kier alpha value is -3.47. The van der Waals surface area contributed by atoms with E-state index >= 15 is 4.39 Å². The van der Waals surface area contributed by atoms with E-state index in [2.05, 4.69) is 19.9 Å². The van der Waals surface area contributed by atoms with Gasteiger partial charge >= 0.3 is 17.9 Å². The third kappa shape index (κ3) is 5.45. The minimum Gasteiger partial charge on any atom is -0.479 e. The van der Waals surface area contributed by atoms with Gasteiger partial charge in [0.1, 0.15) is 5.52 Å². The molecule has 2 atom stereocenters. The van der Waals surface area contributed by atoms with Crippen LogP contribution in [0.3, 0.4) is 0 Å². The van der Waals surface area contributed by atoms with Gasteiger partial charge in [0.05, 0.1) is 24.7 Å². The van der Waals surface area contributed by atoms with Crippen LogP contribution in [0.25, 0.3) is 11.2 Å². The van der Waals surface area contributed by atoms with Crippen LogP contribution in [0, 0.1) is 0 Å². The van der Waals surface area contributed by atoms with Crippen LogP contribution in [0.5, 0.6) is 0 Å². The molecule has 188 valence electrons. The summed E-state index contributed by atoms with van der Waals surface area (Å²) in [6.45, 7) is -0.643. The summed E-state index contributed by atoms with van der Waals surface area (Å²) in [6.07, 6.45) is -3.01. The predicted octanol–water partition coefficient (Wildman–Crippen LogP) is 1.26. The van der Waals surface area contributed by atoms with E-state index in [-0.39, 0.29) is 33.0 Å². The van der Waals surface area contributed by atoms with Crippen molar-refractivity contribution in [3.05, 3.63) is 27.7 Å². The number of methoxy groups -OCH3 is 1. The van der Waals surface area contributed by atoms with Gasteiger partial charge in [-0.1, -0.05) is 0 Å². The molecule has 3 aromatic heterocycles. The number of aliphatic carboxylic acids is 2. The van der Waals surface area contributed by atoms with Gasteiger partial charge in [0.15, 0.2) is 17.8 Å². The smallest absolute Gasteiger partial charge is 0.365 e. The predicted molar refractivity (Wildman–Crippen MR) is 117 cm³/mol. The maximum atomic E-state index is 15.1. The first-order valence-corrected chi connectivity index (χ1v) is 10.8. The molecule has 3 heterocycles. The lowest BCUT2D eigenvalue weighted by atomic mass is 9.98. The summed E-state index contributed by atoms with van der Waals surface area (Å²) in [5.41, 5.74) is 2.88. The van der Waals surface area contributed by atoms with Gasteiger partial charge in [-0.2, -0.15) is 9.97 Å². The molecule has 0 aliphatic carbocycles. The second-order valence-electron chi connectivity index (χ2n) is 7.10. The molecular formula is C18H18ClFN6O8S. The summed E-state index contributed by atoms with van der Waals surface area (Å²) in [6, 6.07) is 0. The van der Waals surface area contributed by atoms with Crippen molar-refractivity contribution in [1.29, 1.82) is 0 Å². The average Bonchev–Trinajstić information content (AvgIpc) is 3.42. The number of anilines is 1. The maximum absolute atomic E-state index is 15.1. The van der Waals surface area contributed by atoms with E-state index in [1.807, 2.05) is 0 Å². The third-order valence-corrected chi connectivity index (χ3v) is 5.93. The van der Waals surface area contributed by atoms with Gasteiger partial charge in [0.25, 0.3) is 5.60 Å². The molecule has 14 nitrogen and oxygen atoms in total. The number of aromatic carboxylic acids is 1. The van der Waals surface area contributed by atoms with Gasteiger partial charge < -0.3 is 30.5 Å². The fraction of sp³-hybridized carbons (Fsp3) is 0.389. The molecule has 3 aromatic rings. The number of alkyl halides is 1. The van der Waals surface area contributed by atoms with Gasteiger partial charge in [-0.25, -0.2) is 28.7 Å². The number of ether oxygens (including phenoxy) is 2. The summed E-state index contributed by atoms with van der Waals surface area (Å²) >= 11 is 6.47. The fourth-order valence-electron chi connectivity index (χ4n) is 3.07. The van der Waals surface area contributed by atoms with Crippen LogP contribution >= 0.6 is 22.9 Å². The number of nitrogens with two attached hydrogens (primary N) is 1. The van der Waals surface area contributed by atoms with Crippen molar-refractivity contribution in [2.45, 2.75) is 30.8 Å². The van der Waals surface area contributed by atoms with Crippen LogP contribution in [0.1, 0.15) is 28.2 Å². The molecule has 0 spiro atoms. The lowest BCUT2D eigenvalue weighted by Gasteiger charge is -2.27. The number of thiazole rings is 1. The number of hydrogen-bond donors (Lipinski definition) is 4. The summed E-state index contributed by atoms with van der Waals surface area (Å²) in [4.78, 5) is 50.1. The van der Waals surface area contributed by atoms with E-state index in [0.717, 1.165) is 10.9 Å². The molecule has 2 unspecified atom stereocenters. The number of nitrogen functional groups attached to an aromatic ring is 1. The van der Waals surface area contributed by atoms with Crippen LogP contribution in [-0.4, -0.2) is 83.2 Å². The maximum Gasteiger partial charge on any atom is 0.365 e. The van der Waals surface area contributed by atoms with Crippen molar-refractivity contribution in [2.24, 2.45) is 0 Å². The highest BCUT2D eigenvalue weighted by Gasteiger charge is 2.49. The average molecular weight is 533 g/mol. The van der Waals surface area contributed by atoms with Gasteiger partial charge in [0.2, 0.25) is 10.3 Å².